The number of nitrogens with zero attached hydrogens (tertiary/aromatic N) is 1. The molecule has 3 aromatic rings. The Morgan fingerprint density at radius 2 is 1.48 bits per heavy atom. The highest BCUT2D eigenvalue weighted by Crippen LogP contribution is 2.34. The third kappa shape index (κ3) is 5.03. The van der Waals surface area contributed by atoms with Crippen LogP contribution in [0.5, 0.6) is 0 Å². The SMILES string of the molecule is N[C@@H](Cc1ccccc1)[C@@H]1C=C(Cc2ccccc2)N(c2ccccc2S(=O)(=O)O)O1. The number of hydrogen-bond acceptors (Lipinski definition) is 5. The van der Waals surface area contributed by atoms with E-state index in [1.807, 2.05) is 66.7 Å². The number of hydrogen-bond donors (Lipinski definition) is 2. The Hall–Kier alpha value is -2.97. The highest BCUT2D eigenvalue weighted by atomic mass is 32.2. The van der Waals surface area contributed by atoms with Gasteiger partial charge in [0.1, 0.15) is 11.0 Å². The van der Waals surface area contributed by atoms with Gasteiger partial charge in [-0.05, 0) is 35.8 Å². The third-order valence-corrected chi connectivity index (χ3v) is 6.07. The molecule has 3 aromatic carbocycles. The summed E-state index contributed by atoms with van der Waals surface area (Å²) in [6, 6.07) is 25.6. The van der Waals surface area contributed by atoms with Crippen LogP contribution in [-0.4, -0.2) is 25.1 Å². The fraction of sp³-hybridized carbons (Fsp3) is 0.167. The van der Waals surface area contributed by atoms with Crippen LogP contribution < -0.4 is 10.8 Å². The molecule has 4 rings (SSSR count). The van der Waals surface area contributed by atoms with Crippen molar-refractivity contribution in [3.8, 4) is 0 Å². The number of anilines is 1. The minimum atomic E-state index is -4.43. The molecule has 6 nitrogen and oxygen atoms in total. The van der Waals surface area contributed by atoms with Crippen LogP contribution in [0.15, 0.2) is 102 Å². The molecule has 0 fully saturated rings. The molecule has 0 saturated carbocycles. The Morgan fingerprint density at radius 3 is 2.13 bits per heavy atom. The number of hydroxylamine groups is 1. The van der Waals surface area contributed by atoms with Crippen LogP contribution in [0, 0.1) is 0 Å². The lowest BCUT2D eigenvalue weighted by Crippen LogP contribution is -2.38. The van der Waals surface area contributed by atoms with Gasteiger partial charge in [0.25, 0.3) is 10.1 Å². The summed E-state index contributed by atoms with van der Waals surface area (Å²) in [5.41, 5.74) is 9.61. The van der Waals surface area contributed by atoms with Gasteiger partial charge in [-0.25, -0.2) is 5.06 Å². The molecule has 0 saturated heterocycles. The minimum absolute atomic E-state index is 0.216. The average Bonchev–Trinajstić information content (AvgIpc) is 3.18. The van der Waals surface area contributed by atoms with Crippen LogP contribution in [0.25, 0.3) is 0 Å². The number of allylic oxidation sites excluding steroid dienone is 1. The summed E-state index contributed by atoms with van der Waals surface area (Å²) in [5.74, 6) is 0. The molecule has 1 aliphatic rings. The van der Waals surface area contributed by atoms with E-state index < -0.39 is 16.2 Å². The molecule has 0 amide bonds. The summed E-state index contributed by atoms with van der Waals surface area (Å²) < 4.78 is 33.6. The molecule has 1 heterocycles. The molecule has 0 aliphatic carbocycles. The molecule has 0 bridgehead atoms. The van der Waals surface area contributed by atoms with Gasteiger partial charge in [0.15, 0.2) is 0 Å². The molecular weight excluding hydrogens is 412 g/mol. The van der Waals surface area contributed by atoms with Crippen LogP contribution in [-0.2, 0) is 27.8 Å². The van der Waals surface area contributed by atoms with Gasteiger partial charge in [-0.1, -0.05) is 72.8 Å². The maximum absolute atomic E-state index is 12.0. The Kier molecular flexibility index (Phi) is 6.20. The second-order valence-electron chi connectivity index (χ2n) is 7.48. The van der Waals surface area contributed by atoms with Crippen molar-refractivity contribution in [3.63, 3.8) is 0 Å². The molecule has 1 aliphatic heterocycles. The molecule has 0 aromatic heterocycles. The summed E-state index contributed by atoms with van der Waals surface area (Å²) in [4.78, 5) is 5.93. The molecular formula is C24H24N2O4S. The third-order valence-electron chi connectivity index (χ3n) is 5.17. The van der Waals surface area contributed by atoms with Crippen LogP contribution in [0.3, 0.4) is 0 Å². The summed E-state index contributed by atoms with van der Waals surface area (Å²) in [6.07, 6.45) is 2.61. The first-order valence-corrected chi connectivity index (χ1v) is 11.4. The Morgan fingerprint density at radius 1 is 0.903 bits per heavy atom. The molecule has 0 unspecified atom stereocenters. The first kappa shape index (κ1) is 21.3. The quantitative estimate of drug-likeness (QED) is 0.548. The second kappa shape index (κ2) is 9.03. The molecule has 160 valence electrons. The largest absolute Gasteiger partial charge is 0.325 e. The predicted molar refractivity (Wildman–Crippen MR) is 120 cm³/mol. The number of nitrogens with two attached hydrogens (primary N) is 1. The van der Waals surface area contributed by atoms with Gasteiger partial charge < -0.3 is 5.73 Å². The van der Waals surface area contributed by atoms with Crippen LogP contribution in [0.1, 0.15) is 11.1 Å². The monoisotopic (exact) mass is 436 g/mol. The molecule has 7 heteroatoms. The lowest BCUT2D eigenvalue weighted by Gasteiger charge is -2.26. The summed E-state index contributed by atoms with van der Waals surface area (Å²) in [5, 5.41) is 1.48. The van der Waals surface area contributed by atoms with Crippen LogP contribution >= 0.6 is 0 Å². The fourth-order valence-corrected chi connectivity index (χ4v) is 4.34. The zero-order valence-corrected chi connectivity index (χ0v) is 17.7. The lowest BCUT2D eigenvalue weighted by molar-refractivity contribution is 0.0793. The number of rotatable bonds is 7. The van der Waals surface area contributed by atoms with E-state index in [1.165, 1.54) is 11.1 Å². The Bertz CT molecular complexity index is 1160. The van der Waals surface area contributed by atoms with E-state index in [1.54, 1.807) is 18.2 Å². The van der Waals surface area contributed by atoms with Gasteiger partial charge >= 0.3 is 0 Å². The van der Waals surface area contributed by atoms with Gasteiger partial charge in [0.05, 0.1) is 11.4 Å². The minimum Gasteiger partial charge on any atom is -0.325 e. The predicted octanol–water partition coefficient (Wildman–Crippen LogP) is 3.75. The van der Waals surface area contributed by atoms with Crippen molar-refractivity contribution in [2.45, 2.75) is 29.9 Å². The Balaban J connectivity index is 1.67. The van der Waals surface area contributed by atoms with E-state index in [0.29, 0.717) is 12.8 Å². The van der Waals surface area contributed by atoms with Crippen molar-refractivity contribution in [1.82, 2.24) is 0 Å². The van der Waals surface area contributed by atoms with E-state index in [9.17, 15) is 13.0 Å². The maximum Gasteiger partial charge on any atom is 0.296 e. The first-order valence-electron chi connectivity index (χ1n) is 9.99. The second-order valence-corrected chi connectivity index (χ2v) is 8.87. The molecule has 0 spiro atoms. The van der Waals surface area contributed by atoms with Crippen molar-refractivity contribution in [3.05, 3.63) is 108 Å². The summed E-state index contributed by atoms with van der Waals surface area (Å²) >= 11 is 0. The summed E-state index contributed by atoms with van der Waals surface area (Å²) in [6.45, 7) is 0. The summed E-state index contributed by atoms with van der Waals surface area (Å²) in [7, 11) is -4.43. The highest BCUT2D eigenvalue weighted by Gasteiger charge is 2.33. The van der Waals surface area contributed by atoms with Crippen LogP contribution in [0.4, 0.5) is 5.69 Å². The zero-order valence-electron chi connectivity index (χ0n) is 16.8. The topological polar surface area (TPSA) is 92.9 Å². The van der Waals surface area contributed by atoms with Crippen molar-refractivity contribution in [1.29, 1.82) is 0 Å². The van der Waals surface area contributed by atoms with Crippen molar-refractivity contribution >= 4 is 15.8 Å². The normalized spacial score (nSPS) is 17.4. The van der Waals surface area contributed by atoms with E-state index in [4.69, 9.17) is 10.6 Å². The average molecular weight is 437 g/mol. The van der Waals surface area contributed by atoms with Gasteiger partial charge in [-0.15, -0.1) is 0 Å². The van der Waals surface area contributed by atoms with Gasteiger partial charge in [-0.2, -0.15) is 8.42 Å². The number of benzene rings is 3. The molecule has 0 radical (unpaired) electrons. The Labute approximate surface area is 182 Å². The van der Waals surface area contributed by atoms with E-state index in [-0.39, 0.29) is 16.6 Å². The van der Waals surface area contributed by atoms with Crippen molar-refractivity contribution in [2.24, 2.45) is 5.73 Å². The smallest absolute Gasteiger partial charge is 0.296 e. The maximum atomic E-state index is 12.0. The molecule has 3 N–H and O–H groups in total. The zero-order chi connectivity index (χ0) is 21.8. The highest BCUT2D eigenvalue weighted by molar-refractivity contribution is 7.86. The lowest BCUT2D eigenvalue weighted by atomic mass is 10.0. The molecule has 31 heavy (non-hydrogen) atoms. The van der Waals surface area contributed by atoms with Gasteiger partial charge in [-0.3, -0.25) is 9.39 Å². The van der Waals surface area contributed by atoms with Gasteiger partial charge in [0, 0.05) is 12.5 Å². The standard InChI is InChI=1S/C24H24N2O4S/c25-21(16-19-11-5-2-6-12-19)23-17-20(15-18-9-3-1-4-10-18)26(30-23)22-13-7-8-14-24(22)31(27,28)29/h1-14,17,21,23H,15-16,25H2,(H,27,28,29)/t21-,23-/m0/s1. The number of para-hydroxylation sites is 1. The van der Waals surface area contributed by atoms with E-state index >= 15 is 0 Å². The van der Waals surface area contributed by atoms with E-state index in [2.05, 4.69) is 0 Å². The molecule has 2 atom stereocenters. The fourth-order valence-electron chi connectivity index (χ4n) is 3.67. The van der Waals surface area contributed by atoms with Gasteiger partial charge in [0.2, 0.25) is 0 Å². The van der Waals surface area contributed by atoms with Crippen molar-refractivity contribution in [2.75, 3.05) is 5.06 Å². The van der Waals surface area contributed by atoms with E-state index in [0.717, 1.165) is 16.8 Å². The first-order chi connectivity index (χ1) is 14.9. The van der Waals surface area contributed by atoms with Crippen molar-refractivity contribution < 1.29 is 17.8 Å². The van der Waals surface area contributed by atoms with Crippen LogP contribution in [0.2, 0.25) is 0 Å².